The van der Waals surface area contributed by atoms with Gasteiger partial charge in [0.05, 0.1) is 18.7 Å². The molecule has 0 atom stereocenters. The van der Waals surface area contributed by atoms with Crippen LogP contribution in [0.4, 0.5) is 11.5 Å². The molecule has 0 fully saturated rings. The van der Waals surface area contributed by atoms with Crippen molar-refractivity contribution < 1.29 is 38.2 Å². The molecular weight excluding hydrogens is 465 g/mol. The van der Waals surface area contributed by atoms with E-state index in [4.69, 9.17) is 44.6 Å². The largest absolute Gasteiger partial charge is 0.487 e. The highest BCUT2D eigenvalue weighted by molar-refractivity contribution is 7.45. The van der Waals surface area contributed by atoms with Gasteiger partial charge in [-0.05, 0) is 24.3 Å². The minimum absolute atomic E-state index is 0.392. The summed E-state index contributed by atoms with van der Waals surface area (Å²) < 4.78 is 30.7. The van der Waals surface area contributed by atoms with Gasteiger partial charge in [0.1, 0.15) is 25.4 Å². The summed E-state index contributed by atoms with van der Waals surface area (Å²) in [7, 11) is -1.39. The number of fused-ring (bicyclic) bond motifs is 1. The molecule has 0 amide bonds. The Morgan fingerprint density at radius 2 is 1.59 bits per heavy atom. The lowest BCUT2D eigenvalue weighted by Crippen LogP contribution is -2.09. The van der Waals surface area contributed by atoms with Gasteiger partial charge in [-0.1, -0.05) is 12.0 Å². The van der Waals surface area contributed by atoms with Gasteiger partial charge in [-0.2, -0.15) is 0 Å². The van der Waals surface area contributed by atoms with E-state index in [1.165, 1.54) is 6.33 Å². The number of nitrogens with one attached hydrogen (secondary N) is 1. The maximum absolute atomic E-state index is 8.88. The minimum Gasteiger partial charge on any atom is -0.487 e. The molecule has 1 aromatic heterocycles. The van der Waals surface area contributed by atoms with Crippen molar-refractivity contribution in [1.82, 2.24) is 9.97 Å². The minimum atomic E-state index is -4.64. The lowest BCUT2D eigenvalue weighted by molar-refractivity contribution is 0.132. The van der Waals surface area contributed by atoms with Crippen LogP contribution in [0.2, 0.25) is 0 Å². The lowest BCUT2D eigenvalue weighted by atomic mass is 10.2. The summed E-state index contributed by atoms with van der Waals surface area (Å²) in [6.45, 7) is 1.73. The molecule has 4 N–H and O–H groups in total. The molecule has 0 aliphatic rings. The van der Waals surface area contributed by atoms with Crippen molar-refractivity contribution in [1.29, 1.82) is 0 Å². The maximum atomic E-state index is 8.88. The van der Waals surface area contributed by atoms with Gasteiger partial charge in [-0.25, -0.2) is 14.5 Å². The van der Waals surface area contributed by atoms with E-state index in [2.05, 4.69) is 21.2 Å². The molecule has 12 heteroatoms. The normalized spacial score (nSPS) is 10.7. The van der Waals surface area contributed by atoms with E-state index >= 15 is 0 Å². The second kappa shape index (κ2) is 13.5. The Morgan fingerprint density at radius 1 is 0.971 bits per heavy atom. The number of methoxy groups -OCH3 is 2. The number of benzene rings is 2. The van der Waals surface area contributed by atoms with Crippen LogP contribution in [0.3, 0.4) is 0 Å². The fourth-order valence-electron chi connectivity index (χ4n) is 2.68. The molecule has 0 radical (unpaired) electrons. The molecule has 182 valence electrons. The predicted molar refractivity (Wildman–Crippen MR) is 126 cm³/mol. The lowest BCUT2D eigenvalue weighted by Gasteiger charge is -2.15. The van der Waals surface area contributed by atoms with Crippen molar-refractivity contribution in [2.75, 3.05) is 46.0 Å². The van der Waals surface area contributed by atoms with Crippen LogP contribution < -0.4 is 14.8 Å². The molecule has 2 aromatic carbocycles. The standard InChI is InChI=1S/C22H23N3O4.H3O4P/c1-4-16-6-5-7-17(12-16)25-22-18-13-20(28-10-8-26-2)21(29-11-9-27-3)14-19(18)23-15-24-22;1-5(2,3)4/h1,5-7,12-15H,8-11H2,2-3H3,(H,23,24,25);(H3,1,2,3,4). The van der Waals surface area contributed by atoms with Crippen LogP contribution in [0.5, 0.6) is 11.5 Å². The van der Waals surface area contributed by atoms with Crippen LogP contribution in [-0.2, 0) is 14.0 Å². The average molecular weight is 491 g/mol. The zero-order valence-corrected chi connectivity index (χ0v) is 19.6. The van der Waals surface area contributed by atoms with Crippen LogP contribution in [0.25, 0.3) is 10.9 Å². The molecule has 3 aromatic rings. The first-order valence-electron chi connectivity index (χ1n) is 9.89. The SMILES string of the molecule is C#Cc1cccc(Nc2ncnc3cc(OCCOC)c(OCCOC)cc23)c1.O=P(O)(O)O. The number of aromatic nitrogens is 2. The topological polar surface area (TPSA) is 152 Å². The van der Waals surface area contributed by atoms with E-state index in [9.17, 15) is 0 Å². The summed E-state index contributed by atoms with van der Waals surface area (Å²) >= 11 is 0. The Balaban J connectivity index is 0.000000739. The highest BCUT2D eigenvalue weighted by atomic mass is 31.2. The molecule has 0 aliphatic carbocycles. The molecule has 0 saturated heterocycles. The quantitative estimate of drug-likeness (QED) is 0.188. The van der Waals surface area contributed by atoms with Crippen molar-refractivity contribution >= 4 is 30.2 Å². The van der Waals surface area contributed by atoms with Gasteiger partial charge in [-0.3, -0.25) is 0 Å². The second-order valence-electron chi connectivity index (χ2n) is 6.58. The van der Waals surface area contributed by atoms with Crippen molar-refractivity contribution in [3.63, 3.8) is 0 Å². The number of ether oxygens (including phenoxy) is 4. The molecule has 0 aliphatic heterocycles. The van der Waals surface area contributed by atoms with E-state index in [0.717, 1.165) is 22.2 Å². The molecule has 0 saturated carbocycles. The molecule has 0 unspecified atom stereocenters. The van der Waals surface area contributed by atoms with Gasteiger partial charge < -0.3 is 38.9 Å². The Hall–Kier alpha value is -3.23. The third kappa shape index (κ3) is 9.33. The first-order valence-corrected chi connectivity index (χ1v) is 11.5. The maximum Gasteiger partial charge on any atom is 0.466 e. The Kier molecular flexibility index (Phi) is 10.7. The summed E-state index contributed by atoms with van der Waals surface area (Å²) in [5, 5.41) is 4.10. The molecule has 0 bridgehead atoms. The fourth-order valence-corrected chi connectivity index (χ4v) is 2.68. The van der Waals surface area contributed by atoms with E-state index in [-0.39, 0.29) is 0 Å². The van der Waals surface area contributed by atoms with Crippen LogP contribution in [-0.4, -0.2) is 65.3 Å². The predicted octanol–water partition coefficient (Wildman–Crippen LogP) is 2.48. The number of nitrogens with zero attached hydrogens (tertiary/aromatic N) is 2. The third-order valence-electron chi connectivity index (χ3n) is 4.08. The van der Waals surface area contributed by atoms with Crippen molar-refractivity contribution in [3.05, 3.63) is 48.3 Å². The highest BCUT2D eigenvalue weighted by Gasteiger charge is 2.13. The van der Waals surface area contributed by atoms with Gasteiger partial charge in [0.15, 0.2) is 11.5 Å². The zero-order valence-electron chi connectivity index (χ0n) is 18.7. The molecule has 11 nitrogen and oxygen atoms in total. The van der Waals surface area contributed by atoms with E-state index in [1.807, 2.05) is 36.4 Å². The monoisotopic (exact) mass is 491 g/mol. The number of phosphoric acid groups is 1. The van der Waals surface area contributed by atoms with Crippen molar-refractivity contribution in [2.24, 2.45) is 0 Å². The summed E-state index contributed by atoms with van der Waals surface area (Å²) in [6.07, 6.45) is 6.99. The van der Waals surface area contributed by atoms with Crippen LogP contribution in [0, 0.1) is 12.3 Å². The number of hydrogen-bond donors (Lipinski definition) is 4. The molecule has 3 rings (SSSR count). The Labute approximate surface area is 196 Å². The Bertz CT molecular complexity index is 1150. The van der Waals surface area contributed by atoms with Crippen LogP contribution >= 0.6 is 7.82 Å². The summed E-state index contributed by atoms with van der Waals surface area (Å²) in [6, 6.07) is 11.3. The summed E-state index contributed by atoms with van der Waals surface area (Å²) in [4.78, 5) is 30.3. The van der Waals surface area contributed by atoms with E-state index < -0.39 is 7.82 Å². The fraction of sp³-hybridized carbons (Fsp3) is 0.273. The van der Waals surface area contributed by atoms with Gasteiger partial charge in [0.25, 0.3) is 0 Å². The van der Waals surface area contributed by atoms with Crippen molar-refractivity contribution in [2.45, 2.75) is 0 Å². The van der Waals surface area contributed by atoms with Gasteiger partial charge >= 0.3 is 7.82 Å². The van der Waals surface area contributed by atoms with E-state index in [0.29, 0.717) is 43.7 Å². The van der Waals surface area contributed by atoms with Crippen LogP contribution in [0.1, 0.15) is 5.56 Å². The molecule has 0 spiro atoms. The smallest absolute Gasteiger partial charge is 0.466 e. The second-order valence-corrected chi connectivity index (χ2v) is 7.61. The molecule has 34 heavy (non-hydrogen) atoms. The average Bonchev–Trinajstić information content (AvgIpc) is 2.79. The number of rotatable bonds is 10. The van der Waals surface area contributed by atoms with Crippen molar-refractivity contribution in [3.8, 4) is 23.8 Å². The van der Waals surface area contributed by atoms with Gasteiger partial charge in [0.2, 0.25) is 0 Å². The Morgan fingerprint density at radius 3 is 2.18 bits per heavy atom. The summed E-state index contributed by atoms with van der Waals surface area (Å²) in [5.74, 6) is 4.44. The third-order valence-corrected chi connectivity index (χ3v) is 4.08. The first-order chi connectivity index (χ1) is 16.2. The van der Waals surface area contributed by atoms with Gasteiger partial charge in [0, 0.05) is 36.9 Å². The summed E-state index contributed by atoms with van der Waals surface area (Å²) in [5.41, 5.74) is 2.34. The molecule has 1 heterocycles. The highest BCUT2D eigenvalue weighted by Crippen LogP contribution is 2.35. The number of hydrogen-bond acceptors (Lipinski definition) is 8. The number of anilines is 2. The van der Waals surface area contributed by atoms with Crippen LogP contribution in [0.15, 0.2) is 42.7 Å². The zero-order chi connectivity index (χ0) is 25.0. The van der Waals surface area contributed by atoms with Gasteiger partial charge in [-0.15, -0.1) is 6.42 Å². The first kappa shape index (κ1) is 27.0. The number of terminal acetylenes is 1. The molecular formula is C22H26N3O8P. The van der Waals surface area contributed by atoms with E-state index in [1.54, 1.807) is 14.2 Å².